The lowest BCUT2D eigenvalue weighted by Gasteiger charge is -2.04. The molecular formula is C20H19ClN10OS3. The van der Waals surface area contributed by atoms with E-state index in [-0.39, 0.29) is 17.6 Å². The average Bonchev–Trinajstić information content (AvgIpc) is 3.47. The van der Waals surface area contributed by atoms with Gasteiger partial charge < -0.3 is 5.84 Å². The van der Waals surface area contributed by atoms with Crippen LogP contribution in [0.1, 0.15) is 18.2 Å². The highest BCUT2D eigenvalue weighted by molar-refractivity contribution is 8.00. The Kier molecular flexibility index (Phi) is 8.52. The van der Waals surface area contributed by atoms with Gasteiger partial charge in [0.25, 0.3) is 5.95 Å². The van der Waals surface area contributed by atoms with Crippen LogP contribution in [0.2, 0.25) is 5.02 Å². The predicted molar refractivity (Wildman–Crippen MR) is 141 cm³/mol. The summed E-state index contributed by atoms with van der Waals surface area (Å²) in [5, 5.41) is 24.5. The maximum absolute atomic E-state index is 12.3. The highest BCUT2D eigenvalue weighted by atomic mass is 35.5. The Bertz CT molecular complexity index is 1310. The highest BCUT2D eigenvalue weighted by Crippen LogP contribution is 2.29. The lowest BCUT2D eigenvalue weighted by Crippen LogP contribution is -2.17. The zero-order valence-electron chi connectivity index (χ0n) is 18.3. The van der Waals surface area contributed by atoms with E-state index in [1.54, 1.807) is 6.20 Å². The predicted octanol–water partition coefficient (Wildman–Crippen LogP) is 3.75. The van der Waals surface area contributed by atoms with Crippen molar-refractivity contribution in [2.24, 2.45) is 5.10 Å². The molecule has 0 aliphatic rings. The summed E-state index contributed by atoms with van der Waals surface area (Å²) in [6, 6.07) is 13.1. The monoisotopic (exact) mass is 546 g/mol. The second-order valence-corrected chi connectivity index (χ2v) is 10.4. The Morgan fingerprint density at radius 3 is 2.74 bits per heavy atom. The number of halogens is 1. The molecule has 0 atom stereocenters. The normalized spacial score (nSPS) is 11.4. The summed E-state index contributed by atoms with van der Waals surface area (Å²) in [5.41, 5.74) is 5.26. The number of nitrogens with one attached hydrogen (secondary N) is 2. The molecule has 1 aromatic carbocycles. The van der Waals surface area contributed by atoms with Gasteiger partial charge in [-0.25, -0.2) is 10.1 Å². The van der Waals surface area contributed by atoms with E-state index in [2.05, 4.69) is 41.2 Å². The molecule has 0 fully saturated rings. The highest BCUT2D eigenvalue weighted by Gasteiger charge is 2.14. The van der Waals surface area contributed by atoms with E-state index >= 15 is 0 Å². The number of hydrazone groups is 1. The molecule has 4 N–H and O–H groups in total. The van der Waals surface area contributed by atoms with Crippen molar-refractivity contribution in [3.8, 4) is 0 Å². The summed E-state index contributed by atoms with van der Waals surface area (Å²) in [6.07, 6.45) is 1.68. The zero-order valence-corrected chi connectivity index (χ0v) is 21.5. The van der Waals surface area contributed by atoms with Gasteiger partial charge >= 0.3 is 0 Å². The smallest absolute Gasteiger partial charge is 0.264 e. The SMILES string of the molecule is C/C(=N\Nc1nnc(SCC(=O)Nc2nnc(SCc3ccc(Cl)cc3)s2)n1N)c1ccccn1. The van der Waals surface area contributed by atoms with Crippen LogP contribution in [-0.4, -0.2) is 47.4 Å². The molecule has 0 bridgehead atoms. The molecule has 0 spiro atoms. The maximum atomic E-state index is 12.3. The number of rotatable bonds is 10. The van der Waals surface area contributed by atoms with Crippen LogP contribution >= 0.6 is 46.5 Å². The summed E-state index contributed by atoms with van der Waals surface area (Å²) < 4.78 is 1.98. The van der Waals surface area contributed by atoms with Crippen LogP contribution in [0.4, 0.5) is 11.1 Å². The number of pyridine rings is 1. The van der Waals surface area contributed by atoms with Gasteiger partial charge in [0.2, 0.25) is 16.2 Å². The van der Waals surface area contributed by atoms with Crippen LogP contribution in [0.15, 0.2) is 63.3 Å². The standard InChI is InChI=1S/C20H19ClN10OS3/c1-12(15-4-2-3-9-23-15)25-26-17-27-29-19(31(17)22)33-11-16(32)24-18-28-30-20(35-18)34-10-13-5-7-14(21)8-6-13/h2-9H,10-11,22H2,1H3,(H,26,27)(H,24,28,32)/b25-12+. The second kappa shape index (κ2) is 12.0. The number of anilines is 2. The summed E-state index contributed by atoms with van der Waals surface area (Å²) in [6.45, 7) is 1.81. The summed E-state index contributed by atoms with van der Waals surface area (Å²) >= 11 is 9.88. The lowest BCUT2D eigenvalue weighted by molar-refractivity contribution is -0.113. The van der Waals surface area contributed by atoms with Crippen LogP contribution in [0.3, 0.4) is 0 Å². The number of aromatic nitrogens is 6. The number of amides is 1. The number of hydrogen-bond acceptors (Lipinski definition) is 12. The van der Waals surface area contributed by atoms with Gasteiger partial charge in [-0.05, 0) is 36.8 Å². The van der Waals surface area contributed by atoms with Gasteiger partial charge in [-0.1, -0.05) is 64.7 Å². The van der Waals surface area contributed by atoms with E-state index < -0.39 is 0 Å². The molecule has 0 saturated carbocycles. The first-order valence-corrected chi connectivity index (χ1v) is 13.2. The number of carbonyl (C=O) groups excluding carboxylic acids is 1. The molecule has 0 unspecified atom stereocenters. The first-order chi connectivity index (χ1) is 17.0. The van der Waals surface area contributed by atoms with Gasteiger partial charge in [0, 0.05) is 17.0 Å². The van der Waals surface area contributed by atoms with Crippen molar-refractivity contribution >= 4 is 69.2 Å². The number of thioether (sulfide) groups is 2. The maximum Gasteiger partial charge on any atom is 0.264 e. The zero-order chi connectivity index (χ0) is 24.6. The molecule has 4 aromatic rings. The molecule has 11 nitrogen and oxygen atoms in total. The lowest BCUT2D eigenvalue weighted by atomic mass is 10.2. The van der Waals surface area contributed by atoms with Crippen molar-refractivity contribution in [2.45, 2.75) is 22.2 Å². The third-order valence-corrected chi connectivity index (χ3v) is 7.52. The van der Waals surface area contributed by atoms with Gasteiger partial charge in [-0.3, -0.25) is 15.1 Å². The van der Waals surface area contributed by atoms with Crippen LogP contribution in [0, 0.1) is 0 Å². The third-order valence-electron chi connectivity index (χ3n) is 4.28. The summed E-state index contributed by atoms with van der Waals surface area (Å²) in [4.78, 5) is 16.6. The molecular weight excluding hydrogens is 528 g/mol. The topological polar surface area (TPSA) is 149 Å². The fourth-order valence-corrected chi connectivity index (χ4v) is 5.06. The fourth-order valence-electron chi connectivity index (χ4n) is 2.55. The van der Waals surface area contributed by atoms with Gasteiger partial charge in [0.15, 0.2) is 4.34 Å². The van der Waals surface area contributed by atoms with Crippen molar-refractivity contribution in [1.29, 1.82) is 0 Å². The van der Waals surface area contributed by atoms with Crippen LogP contribution < -0.4 is 16.6 Å². The van der Waals surface area contributed by atoms with Crippen molar-refractivity contribution in [1.82, 2.24) is 30.1 Å². The average molecular weight is 547 g/mol. The van der Waals surface area contributed by atoms with E-state index in [4.69, 9.17) is 17.4 Å². The Morgan fingerprint density at radius 1 is 1.14 bits per heavy atom. The van der Waals surface area contributed by atoms with Gasteiger partial charge in [-0.15, -0.1) is 20.4 Å². The van der Waals surface area contributed by atoms with E-state index in [0.717, 1.165) is 33.1 Å². The molecule has 0 radical (unpaired) electrons. The molecule has 0 aliphatic heterocycles. The van der Waals surface area contributed by atoms with Gasteiger partial charge in [0.1, 0.15) is 0 Å². The molecule has 35 heavy (non-hydrogen) atoms. The first kappa shape index (κ1) is 24.9. The van der Waals surface area contributed by atoms with Gasteiger partial charge in [0.05, 0.1) is 17.2 Å². The molecule has 180 valence electrons. The second-order valence-electron chi connectivity index (χ2n) is 6.83. The van der Waals surface area contributed by atoms with Gasteiger partial charge in [-0.2, -0.15) is 5.10 Å². The number of nitrogens with two attached hydrogens (primary N) is 1. The minimum absolute atomic E-state index is 0.0679. The van der Waals surface area contributed by atoms with E-state index in [1.165, 1.54) is 27.8 Å². The number of benzene rings is 1. The summed E-state index contributed by atoms with van der Waals surface area (Å²) in [5.74, 6) is 6.78. The minimum atomic E-state index is -0.262. The van der Waals surface area contributed by atoms with Crippen LogP contribution in [-0.2, 0) is 10.5 Å². The molecule has 3 heterocycles. The van der Waals surface area contributed by atoms with Crippen molar-refractivity contribution in [3.63, 3.8) is 0 Å². The Balaban J connectivity index is 1.25. The number of nitrogens with zero attached hydrogens (tertiary/aromatic N) is 7. The molecule has 1 amide bonds. The first-order valence-electron chi connectivity index (χ1n) is 10.0. The molecule has 15 heteroatoms. The quantitative estimate of drug-likeness (QED) is 0.0882. The van der Waals surface area contributed by atoms with Crippen LogP contribution in [0.25, 0.3) is 0 Å². The Morgan fingerprint density at radius 2 is 1.97 bits per heavy atom. The number of carbonyl (C=O) groups is 1. The Hall–Kier alpha value is -3.20. The van der Waals surface area contributed by atoms with E-state index in [9.17, 15) is 4.79 Å². The van der Waals surface area contributed by atoms with Crippen LogP contribution in [0.5, 0.6) is 0 Å². The number of hydrogen-bond donors (Lipinski definition) is 3. The van der Waals surface area contributed by atoms with Crippen molar-refractivity contribution < 1.29 is 4.79 Å². The fraction of sp³-hybridized carbons (Fsp3) is 0.150. The number of nitrogen functional groups attached to an aromatic ring is 1. The molecule has 3 aromatic heterocycles. The van der Waals surface area contributed by atoms with E-state index in [0.29, 0.717) is 21.0 Å². The Labute approximate surface area is 218 Å². The van der Waals surface area contributed by atoms with Crippen molar-refractivity contribution in [3.05, 3.63) is 64.9 Å². The van der Waals surface area contributed by atoms with E-state index in [1.807, 2.05) is 49.4 Å². The largest absolute Gasteiger partial charge is 0.334 e. The molecule has 0 aliphatic carbocycles. The van der Waals surface area contributed by atoms with Crippen molar-refractivity contribution in [2.75, 3.05) is 22.3 Å². The molecule has 4 rings (SSSR count). The minimum Gasteiger partial charge on any atom is -0.334 e. The molecule has 0 saturated heterocycles. The third kappa shape index (κ3) is 7.14. The summed E-state index contributed by atoms with van der Waals surface area (Å²) in [7, 11) is 0.